The molecule has 5 nitrogen and oxygen atoms in total. The van der Waals surface area contributed by atoms with Crippen LogP contribution < -0.4 is 5.73 Å². The fourth-order valence-electron chi connectivity index (χ4n) is 2.32. The van der Waals surface area contributed by atoms with Crippen molar-refractivity contribution in [2.45, 2.75) is 13.0 Å². The summed E-state index contributed by atoms with van der Waals surface area (Å²) < 4.78 is 0. The van der Waals surface area contributed by atoms with Crippen molar-refractivity contribution in [1.82, 2.24) is 15.1 Å². The molecule has 19 heavy (non-hydrogen) atoms. The Morgan fingerprint density at radius 2 is 2.21 bits per heavy atom. The van der Waals surface area contributed by atoms with E-state index in [4.69, 9.17) is 17.3 Å². The highest BCUT2D eigenvalue weighted by Crippen LogP contribution is 2.24. The maximum Gasteiger partial charge on any atom is 0.255 e. The molecule has 1 amide bonds. The maximum absolute atomic E-state index is 12.4. The Bertz CT molecular complexity index is 637. The number of H-pyrrole nitrogens is 1. The summed E-state index contributed by atoms with van der Waals surface area (Å²) in [5.74, 6) is 0.462. The third-order valence-corrected chi connectivity index (χ3v) is 3.69. The van der Waals surface area contributed by atoms with Crippen LogP contribution >= 0.6 is 11.6 Å². The van der Waals surface area contributed by atoms with Gasteiger partial charge in [-0.05, 0) is 18.6 Å². The molecule has 0 fully saturated rings. The van der Waals surface area contributed by atoms with Gasteiger partial charge in [-0.25, -0.2) is 0 Å². The van der Waals surface area contributed by atoms with Gasteiger partial charge in [0, 0.05) is 12.1 Å². The number of rotatable bonds is 1. The number of hydrogen-bond donors (Lipinski definition) is 2. The van der Waals surface area contributed by atoms with Crippen LogP contribution in [0, 0.1) is 0 Å². The highest BCUT2D eigenvalue weighted by molar-refractivity contribution is 6.33. The Morgan fingerprint density at radius 1 is 1.42 bits per heavy atom. The van der Waals surface area contributed by atoms with Crippen LogP contribution in [0.4, 0.5) is 5.82 Å². The fraction of sp³-hybridized carbons (Fsp3) is 0.231. The first-order valence-corrected chi connectivity index (χ1v) is 6.40. The Labute approximate surface area is 115 Å². The monoisotopic (exact) mass is 276 g/mol. The third kappa shape index (κ3) is 2.06. The maximum atomic E-state index is 12.4. The minimum atomic E-state index is -0.0654. The van der Waals surface area contributed by atoms with Gasteiger partial charge in [-0.1, -0.05) is 23.7 Å². The molecule has 0 aliphatic carbocycles. The summed E-state index contributed by atoms with van der Waals surface area (Å²) >= 11 is 6.06. The smallest absolute Gasteiger partial charge is 0.255 e. The molecular formula is C13H13ClN4O. The van der Waals surface area contributed by atoms with Gasteiger partial charge >= 0.3 is 0 Å². The number of benzene rings is 1. The topological polar surface area (TPSA) is 75.0 Å². The quantitative estimate of drug-likeness (QED) is 0.835. The molecule has 0 saturated carbocycles. The molecule has 1 aromatic heterocycles. The third-order valence-electron chi connectivity index (χ3n) is 3.36. The number of aromatic nitrogens is 2. The van der Waals surface area contributed by atoms with Crippen molar-refractivity contribution < 1.29 is 4.79 Å². The van der Waals surface area contributed by atoms with E-state index in [0.29, 0.717) is 35.9 Å². The first-order valence-electron chi connectivity index (χ1n) is 6.02. The van der Waals surface area contributed by atoms with E-state index in [2.05, 4.69) is 10.2 Å². The Balaban J connectivity index is 1.86. The molecule has 0 spiro atoms. The van der Waals surface area contributed by atoms with E-state index in [1.54, 1.807) is 17.0 Å². The summed E-state index contributed by atoms with van der Waals surface area (Å²) in [6.45, 7) is 1.12. The van der Waals surface area contributed by atoms with Crippen LogP contribution in [-0.4, -0.2) is 27.5 Å². The van der Waals surface area contributed by atoms with Crippen LogP contribution in [0.5, 0.6) is 0 Å². The van der Waals surface area contributed by atoms with Gasteiger partial charge < -0.3 is 10.6 Å². The second-order valence-electron chi connectivity index (χ2n) is 4.52. The highest BCUT2D eigenvalue weighted by Gasteiger charge is 2.25. The minimum Gasteiger partial charge on any atom is -0.382 e. The number of amides is 1. The number of nitrogens with zero attached hydrogens (tertiary/aromatic N) is 2. The molecule has 0 unspecified atom stereocenters. The number of nitrogens with two attached hydrogens (primary N) is 1. The Morgan fingerprint density at radius 3 is 3.00 bits per heavy atom. The molecule has 3 rings (SSSR count). The average Bonchev–Trinajstić information content (AvgIpc) is 2.80. The lowest BCUT2D eigenvalue weighted by Gasteiger charge is -2.27. The predicted octanol–water partition coefficient (Wildman–Crippen LogP) is 1.84. The first kappa shape index (κ1) is 12.0. The largest absolute Gasteiger partial charge is 0.382 e. The van der Waals surface area contributed by atoms with Gasteiger partial charge in [0.15, 0.2) is 0 Å². The summed E-state index contributed by atoms with van der Waals surface area (Å²) in [6, 6.07) is 7.07. The Kier molecular flexibility index (Phi) is 2.91. The molecule has 2 heterocycles. The minimum absolute atomic E-state index is 0.0654. The van der Waals surface area contributed by atoms with E-state index >= 15 is 0 Å². The van der Waals surface area contributed by atoms with Gasteiger partial charge in [-0.15, -0.1) is 0 Å². The second-order valence-corrected chi connectivity index (χ2v) is 4.93. The Hall–Kier alpha value is -2.01. The summed E-state index contributed by atoms with van der Waals surface area (Å²) in [5, 5.41) is 7.32. The molecule has 0 atom stereocenters. The van der Waals surface area contributed by atoms with Crippen molar-refractivity contribution in [3.05, 3.63) is 46.1 Å². The zero-order valence-corrected chi connectivity index (χ0v) is 10.9. The van der Waals surface area contributed by atoms with Crippen molar-refractivity contribution >= 4 is 23.3 Å². The average molecular weight is 277 g/mol. The van der Waals surface area contributed by atoms with Crippen LogP contribution in [0.1, 0.15) is 21.6 Å². The fourth-order valence-corrected chi connectivity index (χ4v) is 2.54. The van der Waals surface area contributed by atoms with Gasteiger partial charge in [-0.3, -0.25) is 9.89 Å². The second kappa shape index (κ2) is 4.59. The van der Waals surface area contributed by atoms with Crippen LogP contribution in [0.3, 0.4) is 0 Å². The number of anilines is 1. The SMILES string of the molecule is Nc1n[nH]c2c1CCN(C(=O)c1ccccc1Cl)C2. The summed E-state index contributed by atoms with van der Waals surface area (Å²) in [5.41, 5.74) is 8.20. The van der Waals surface area contributed by atoms with Crippen molar-refractivity contribution in [2.75, 3.05) is 12.3 Å². The standard InChI is InChI=1S/C13H13ClN4O/c14-10-4-2-1-3-8(10)13(19)18-6-5-9-11(7-18)16-17-12(9)15/h1-4H,5-7H2,(H3,15,16,17). The lowest BCUT2D eigenvalue weighted by molar-refractivity contribution is 0.0733. The summed E-state index contributed by atoms with van der Waals surface area (Å²) in [6.07, 6.45) is 0.716. The first-order chi connectivity index (χ1) is 9.16. The lowest BCUT2D eigenvalue weighted by Crippen LogP contribution is -2.36. The number of nitrogen functional groups attached to an aromatic ring is 1. The molecular weight excluding hydrogens is 264 g/mol. The van der Waals surface area contributed by atoms with E-state index in [1.807, 2.05) is 12.1 Å². The number of aromatic amines is 1. The van der Waals surface area contributed by atoms with Crippen LogP contribution in [0.15, 0.2) is 24.3 Å². The number of hydrogen-bond acceptors (Lipinski definition) is 3. The van der Waals surface area contributed by atoms with Gasteiger partial charge in [0.2, 0.25) is 0 Å². The normalized spacial score (nSPS) is 14.3. The van der Waals surface area contributed by atoms with E-state index in [1.165, 1.54) is 0 Å². The number of fused-ring (bicyclic) bond motifs is 1. The molecule has 0 saturated heterocycles. The number of nitrogens with one attached hydrogen (secondary N) is 1. The summed E-state index contributed by atoms with van der Waals surface area (Å²) in [7, 11) is 0. The molecule has 98 valence electrons. The van der Waals surface area contributed by atoms with E-state index in [0.717, 1.165) is 11.3 Å². The highest BCUT2D eigenvalue weighted by atomic mass is 35.5. The molecule has 3 N–H and O–H groups in total. The molecule has 1 aliphatic heterocycles. The summed E-state index contributed by atoms with van der Waals surface area (Å²) in [4.78, 5) is 14.2. The molecule has 6 heteroatoms. The van der Waals surface area contributed by atoms with E-state index in [9.17, 15) is 4.79 Å². The molecule has 2 aromatic rings. The van der Waals surface area contributed by atoms with E-state index < -0.39 is 0 Å². The van der Waals surface area contributed by atoms with Crippen molar-refractivity contribution in [3.63, 3.8) is 0 Å². The van der Waals surface area contributed by atoms with Crippen LogP contribution in [0.2, 0.25) is 5.02 Å². The zero-order chi connectivity index (χ0) is 13.4. The molecule has 0 bridgehead atoms. The number of halogens is 1. The number of carbonyl (C=O) groups excluding carboxylic acids is 1. The zero-order valence-electron chi connectivity index (χ0n) is 10.2. The van der Waals surface area contributed by atoms with Crippen molar-refractivity contribution in [2.24, 2.45) is 0 Å². The van der Waals surface area contributed by atoms with Gasteiger partial charge in [0.05, 0.1) is 22.8 Å². The van der Waals surface area contributed by atoms with Crippen LogP contribution in [-0.2, 0) is 13.0 Å². The molecule has 0 radical (unpaired) electrons. The van der Waals surface area contributed by atoms with Gasteiger partial charge in [0.25, 0.3) is 5.91 Å². The predicted molar refractivity (Wildman–Crippen MR) is 72.9 cm³/mol. The van der Waals surface area contributed by atoms with Crippen molar-refractivity contribution in [3.8, 4) is 0 Å². The van der Waals surface area contributed by atoms with Crippen molar-refractivity contribution in [1.29, 1.82) is 0 Å². The van der Waals surface area contributed by atoms with E-state index in [-0.39, 0.29) is 5.91 Å². The van der Waals surface area contributed by atoms with Crippen LogP contribution in [0.25, 0.3) is 0 Å². The number of carbonyl (C=O) groups is 1. The molecule has 1 aromatic carbocycles. The lowest BCUT2D eigenvalue weighted by atomic mass is 10.1. The van der Waals surface area contributed by atoms with Gasteiger partial charge in [0.1, 0.15) is 5.82 Å². The molecule has 1 aliphatic rings. The van der Waals surface area contributed by atoms with Gasteiger partial charge in [-0.2, -0.15) is 5.10 Å².